The minimum absolute atomic E-state index is 0.00771. The number of likely N-dealkylation sites (tertiary alicyclic amines) is 1. The number of aliphatic hydroxyl groups excluding tert-OH is 1. The first-order valence-electron chi connectivity index (χ1n) is 12.7. The number of benzene rings is 3. The maximum absolute atomic E-state index is 13.4. The molecule has 1 N–H and O–H groups in total. The molecule has 38 heavy (non-hydrogen) atoms. The van der Waals surface area contributed by atoms with Crippen molar-refractivity contribution in [2.24, 2.45) is 0 Å². The van der Waals surface area contributed by atoms with Gasteiger partial charge in [-0.1, -0.05) is 24.3 Å². The second kappa shape index (κ2) is 11.5. The Morgan fingerprint density at radius 1 is 0.895 bits per heavy atom. The van der Waals surface area contributed by atoms with Gasteiger partial charge in [0.25, 0.3) is 11.7 Å². The molecular formula is C31H32FNO5. The molecule has 1 saturated heterocycles. The maximum Gasteiger partial charge on any atom is 0.295 e. The van der Waals surface area contributed by atoms with E-state index in [1.165, 1.54) is 17.0 Å². The number of aliphatic hydroxyl groups is 1. The van der Waals surface area contributed by atoms with Crippen molar-refractivity contribution >= 4 is 17.4 Å². The van der Waals surface area contributed by atoms with Crippen molar-refractivity contribution in [1.29, 1.82) is 0 Å². The lowest BCUT2D eigenvalue weighted by Gasteiger charge is -2.26. The van der Waals surface area contributed by atoms with Gasteiger partial charge in [0, 0.05) is 12.1 Å². The van der Waals surface area contributed by atoms with Crippen LogP contribution in [-0.2, 0) is 16.0 Å². The van der Waals surface area contributed by atoms with Crippen molar-refractivity contribution in [3.63, 3.8) is 0 Å². The Kier molecular flexibility index (Phi) is 8.15. The predicted octanol–water partition coefficient (Wildman–Crippen LogP) is 6.06. The summed E-state index contributed by atoms with van der Waals surface area (Å²) < 4.78 is 24.9. The number of hydrogen-bond donors (Lipinski definition) is 1. The molecular weight excluding hydrogens is 485 g/mol. The van der Waals surface area contributed by atoms with Gasteiger partial charge < -0.3 is 19.5 Å². The minimum atomic E-state index is -0.822. The van der Waals surface area contributed by atoms with Crippen LogP contribution in [0, 0.1) is 5.82 Å². The number of Topliss-reactive ketones (excluding diaryl/α,β-unsaturated/α-hetero) is 1. The standard InChI is InChI=1S/C31H32FNO5/c1-19(2)37-25-14-10-22(11-15-25)29(34)27-28(23-6-5-7-26(18-23)38-20(3)4)33(31(36)30(27)35)17-16-21-8-12-24(32)13-9-21/h5-15,18-20,28,34H,16-17H2,1-4H3/b29-27-. The van der Waals surface area contributed by atoms with Gasteiger partial charge in [-0.3, -0.25) is 9.59 Å². The van der Waals surface area contributed by atoms with E-state index in [4.69, 9.17) is 9.47 Å². The van der Waals surface area contributed by atoms with Crippen LogP contribution in [0.3, 0.4) is 0 Å². The average Bonchev–Trinajstić information content (AvgIpc) is 3.13. The molecule has 0 aliphatic carbocycles. The van der Waals surface area contributed by atoms with Crippen molar-refractivity contribution in [3.8, 4) is 11.5 Å². The average molecular weight is 518 g/mol. The number of rotatable bonds is 9. The van der Waals surface area contributed by atoms with Gasteiger partial charge in [-0.15, -0.1) is 0 Å². The maximum atomic E-state index is 13.4. The molecule has 3 aromatic carbocycles. The molecule has 6 nitrogen and oxygen atoms in total. The fourth-order valence-corrected chi connectivity index (χ4v) is 4.51. The zero-order valence-corrected chi connectivity index (χ0v) is 22.0. The van der Waals surface area contributed by atoms with Crippen LogP contribution in [0.25, 0.3) is 5.76 Å². The lowest BCUT2D eigenvalue weighted by molar-refractivity contribution is -0.139. The van der Waals surface area contributed by atoms with Gasteiger partial charge in [0.2, 0.25) is 0 Å². The Morgan fingerprint density at radius 2 is 1.53 bits per heavy atom. The molecule has 198 valence electrons. The van der Waals surface area contributed by atoms with Crippen molar-refractivity contribution in [3.05, 3.63) is 101 Å². The number of ether oxygens (including phenoxy) is 2. The number of carbonyl (C=O) groups excluding carboxylic acids is 2. The van der Waals surface area contributed by atoms with Crippen LogP contribution < -0.4 is 9.47 Å². The van der Waals surface area contributed by atoms with E-state index >= 15 is 0 Å². The molecule has 0 saturated carbocycles. The van der Waals surface area contributed by atoms with Gasteiger partial charge in [0.15, 0.2) is 0 Å². The van der Waals surface area contributed by atoms with E-state index in [0.717, 1.165) is 5.56 Å². The molecule has 0 radical (unpaired) electrons. The highest BCUT2D eigenvalue weighted by molar-refractivity contribution is 6.46. The summed E-state index contributed by atoms with van der Waals surface area (Å²) in [5.74, 6) is -0.842. The molecule has 1 heterocycles. The van der Waals surface area contributed by atoms with Crippen LogP contribution in [0.15, 0.2) is 78.4 Å². The van der Waals surface area contributed by atoms with E-state index in [0.29, 0.717) is 29.0 Å². The minimum Gasteiger partial charge on any atom is -0.507 e. The molecule has 3 aromatic rings. The highest BCUT2D eigenvalue weighted by Crippen LogP contribution is 2.40. The largest absolute Gasteiger partial charge is 0.507 e. The SMILES string of the molecule is CC(C)Oc1ccc(/C(O)=C2/C(=O)C(=O)N(CCc3ccc(F)cc3)C2c2cccc(OC(C)C)c2)cc1. The van der Waals surface area contributed by atoms with Crippen molar-refractivity contribution in [1.82, 2.24) is 4.90 Å². The summed E-state index contributed by atoms with van der Waals surface area (Å²) >= 11 is 0. The number of amides is 1. The van der Waals surface area contributed by atoms with Gasteiger partial charge in [0.05, 0.1) is 23.8 Å². The monoisotopic (exact) mass is 517 g/mol. The zero-order valence-electron chi connectivity index (χ0n) is 22.0. The van der Waals surface area contributed by atoms with Gasteiger partial charge in [0.1, 0.15) is 23.1 Å². The topological polar surface area (TPSA) is 76.1 Å². The predicted molar refractivity (Wildman–Crippen MR) is 144 cm³/mol. The summed E-state index contributed by atoms with van der Waals surface area (Å²) in [7, 11) is 0. The summed E-state index contributed by atoms with van der Waals surface area (Å²) in [6, 6.07) is 19.2. The van der Waals surface area contributed by atoms with Crippen LogP contribution in [0.2, 0.25) is 0 Å². The van der Waals surface area contributed by atoms with Gasteiger partial charge in [-0.05, 0) is 93.8 Å². The molecule has 1 fully saturated rings. The van der Waals surface area contributed by atoms with Gasteiger partial charge in [-0.25, -0.2) is 4.39 Å². The van der Waals surface area contributed by atoms with E-state index in [9.17, 15) is 19.1 Å². The number of carbonyl (C=O) groups is 2. The second-order valence-corrected chi connectivity index (χ2v) is 9.80. The summed E-state index contributed by atoms with van der Waals surface area (Å²) in [6.45, 7) is 7.85. The van der Waals surface area contributed by atoms with Crippen LogP contribution in [0.5, 0.6) is 11.5 Å². The smallest absolute Gasteiger partial charge is 0.295 e. The molecule has 4 rings (SSSR count). The van der Waals surface area contributed by atoms with E-state index in [-0.39, 0.29) is 35.9 Å². The lowest BCUT2D eigenvalue weighted by atomic mass is 9.95. The Labute approximate surface area is 222 Å². The van der Waals surface area contributed by atoms with E-state index in [1.54, 1.807) is 48.5 Å². The van der Waals surface area contributed by atoms with Crippen LogP contribution in [0.4, 0.5) is 4.39 Å². The molecule has 7 heteroatoms. The molecule has 0 spiro atoms. The van der Waals surface area contributed by atoms with Gasteiger partial charge >= 0.3 is 0 Å². The normalized spacial score (nSPS) is 16.9. The van der Waals surface area contributed by atoms with E-state index < -0.39 is 17.7 Å². The number of hydrogen-bond acceptors (Lipinski definition) is 5. The van der Waals surface area contributed by atoms with Crippen LogP contribution in [0.1, 0.15) is 50.4 Å². The number of nitrogens with zero attached hydrogens (tertiary/aromatic N) is 1. The molecule has 1 unspecified atom stereocenters. The van der Waals surface area contributed by atoms with Gasteiger partial charge in [-0.2, -0.15) is 0 Å². The summed E-state index contributed by atoms with van der Waals surface area (Å²) in [5, 5.41) is 11.3. The molecule has 0 bridgehead atoms. The highest BCUT2D eigenvalue weighted by atomic mass is 19.1. The Bertz CT molecular complexity index is 1330. The quantitative estimate of drug-likeness (QED) is 0.212. The first kappa shape index (κ1) is 26.9. The lowest BCUT2D eigenvalue weighted by Crippen LogP contribution is -2.31. The Morgan fingerprint density at radius 3 is 2.16 bits per heavy atom. The first-order chi connectivity index (χ1) is 18.1. The molecule has 1 amide bonds. The summed E-state index contributed by atoms with van der Waals surface area (Å²) in [6.07, 6.45) is 0.329. The molecule has 1 aliphatic rings. The molecule has 1 aliphatic heterocycles. The number of halogens is 1. The molecule has 0 aromatic heterocycles. The van der Waals surface area contributed by atoms with E-state index in [2.05, 4.69) is 0 Å². The third kappa shape index (κ3) is 6.05. The fourth-order valence-electron chi connectivity index (χ4n) is 4.51. The fraction of sp³-hybridized carbons (Fsp3) is 0.290. The summed E-state index contributed by atoms with van der Waals surface area (Å²) in [4.78, 5) is 28.1. The Hall–Kier alpha value is -4.13. The highest BCUT2D eigenvalue weighted by Gasteiger charge is 2.46. The van der Waals surface area contributed by atoms with Crippen molar-refractivity contribution < 1.29 is 28.6 Å². The Balaban J connectivity index is 1.75. The number of ketones is 1. The van der Waals surface area contributed by atoms with E-state index in [1.807, 2.05) is 39.8 Å². The first-order valence-corrected chi connectivity index (χ1v) is 12.7. The zero-order chi connectivity index (χ0) is 27.4. The van der Waals surface area contributed by atoms with Crippen LogP contribution in [-0.4, -0.2) is 40.4 Å². The summed E-state index contributed by atoms with van der Waals surface area (Å²) in [5.41, 5.74) is 1.87. The van der Waals surface area contributed by atoms with Crippen LogP contribution >= 0.6 is 0 Å². The van der Waals surface area contributed by atoms with Crippen molar-refractivity contribution in [2.45, 2.75) is 52.4 Å². The second-order valence-electron chi connectivity index (χ2n) is 9.80. The third-order valence-corrected chi connectivity index (χ3v) is 6.14. The third-order valence-electron chi connectivity index (χ3n) is 6.14. The van der Waals surface area contributed by atoms with Crippen molar-refractivity contribution in [2.75, 3.05) is 6.54 Å². The molecule has 1 atom stereocenters.